The summed E-state index contributed by atoms with van der Waals surface area (Å²) in [5, 5.41) is 7.43. The highest BCUT2D eigenvalue weighted by Crippen LogP contribution is 2.42. The number of ether oxygens (including phenoxy) is 1. The Labute approximate surface area is 217 Å². The van der Waals surface area contributed by atoms with Gasteiger partial charge < -0.3 is 10.1 Å². The largest absolute Gasteiger partial charge is 0.497 e. The number of aromatic nitrogens is 2. The second-order valence-electron chi connectivity index (χ2n) is 9.90. The summed E-state index contributed by atoms with van der Waals surface area (Å²) in [6.07, 6.45) is 2.04. The third-order valence-corrected chi connectivity index (χ3v) is 8.99. The lowest BCUT2D eigenvalue weighted by Crippen LogP contribution is -2.56. The van der Waals surface area contributed by atoms with Crippen LogP contribution in [0.5, 0.6) is 5.75 Å². The number of aryl methyl sites for hydroxylation is 1. The summed E-state index contributed by atoms with van der Waals surface area (Å²) < 4.78 is 35.8. The zero-order valence-corrected chi connectivity index (χ0v) is 22.2. The first-order valence-electron chi connectivity index (χ1n) is 12.5. The Morgan fingerprint density at radius 1 is 1.14 bits per heavy atom. The summed E-state index contributed by atoms with van der Waals surface area (Å²) in [6, 6.07) is 16.5. The minimum atomic E-state index is -3.64. The molecule has 3 fully saturated rings. The zero-order valence-electron chi connectivity index (χ0n) is 21.3. The number of fused-ring (bicyclic) bond motifs is 3. The van der Waals surface area contributed by atoms with Crippen molar-refractivity contribution in [3.8, 4) is 17.0 Å². The van der Waals surface area contributed by atoms with E-state index in [2.05, 4.69) is 21.0 Å². The quantitative estimate of drug-likeness (QED) is 0.470. The number of anilines is 1. The molecule has 1 aromatic heterocycles. The molecule has 3 saturated heterocycles. The van der Waals surface area contributed by atoms with Gasteiger partial charge in [-0.3, -0.25) is 14.4 Å². The van der Waals surface area contributed by atoms with Crippen LogP contribution in [0.3, 0.4) is 0 Å². The maximum Gasteiger partial charge on any atom is 0.240 e. The Kier molecular flexibility index (Phi) is 7.06. The number of sulfonamides is 1. The van der Waals surface area contributed by atoms with E-state index in [9.17, 15) is 13.2 Å². The molecule has 6 rings (SSSR count). The lowest BCUT2D eigenvalue weighted by atomic mass is 9.74. The lowest BCUT2D eigenvalue weighted by molar-refractivity contribution is -0.114. The molecule has 37 heavy (non-hydrogen) atoms. The van der Waals surface area contributed by atoms with E-state index in [4.69, 9.17) is 9.84 Å². The van der Waals surface area contributed by atoms with Crippen LogP contribution in [0.15, 0.2) is 59.5 Å². The van der Waals surface area contributed by atoms with Crippen molar-refractivity contribution >= 4 is 21.6 Å². The normalized spacial score (nSPS) is 23.1. The van der Waals surface area contributed by atoms with E-state index in [1.165, 1.54) is 24.8 Å². The number of rotatable bonds is 8. The van der Waals surface area contributed by atoms with Crippen molar-refractivity contribution in [1.29, 1.82) is 0 Å². The smallest absolute Gasteiger partial charge is 0.240 e. The molecule has 3 aliphatic heterocycles. The van der Waals surface area contributed by atoms with Crippen LogP contribution in [0.2, 0.25) is 0 Å². The van der Waals surface area contributed by atoms with E-state index in [0.29, 0.717) is 24.1 Å². The van der Waals surface area contributed by atoms with Gasteiger partial charge >= 0.3 is 0 Å². The fourth-order valence-electron chi connectivity index (χ4n) is 5.63. The van der Waals surface area contributed by atoms with Crippen molar-refractivity contribution in [3.63, 3.8) is 0 Å². The van der Waals surface area contributed by atoms with Crippen molar-refractivity contribution in [2.24, 2.45) is 13.0 Å². The molecule has 3 aromatic rings. The predicted molar refractivity (Wildman–Crippen MR) is 142 cm³/mol. The number of nitrogens with zero attached hydrogens (tertiary/aromatic N) is 3. The van der Waals surface area contributed by atoms with Crippen molar-refractivity contribution < 1.29 is 17.9 Å². The van der Waals surface area contributed by atoms with Crippen molar-refractivity contribution in [2.75, 3.05) is 32.1 Å². The minimum absolute atomic E-state index is 0.165. The van der Waals surface area contributed by atoms with Crippen LogP contribution >= 0.6 is 0 Å². The third-order valence-electron chi connectivity index (χ3n) is 7.55. The van der Waals surface area contributed by atoms with Crippen LogP contribution in [0.25, 0.3) is 11.3 Å². The number of amides is 1. The van der Waals surface area contributed by atoms with E-state index >= 15 is 0 Å². The Morgan fingerprint density at radius 3 is 2.49 bits per heavy atom. The molecule has 0 saturated carbocycles. The summed E-state index contributed by atoms with van der Waals surface area (Å²) >= 11 is 0. The van der Waals surface area contributed by atoms with E-state index in [1.807, 2.05) is 36.0 Å². The fourth-order valence-corrected chi connectivity index (χ4v) is 6.70. The van der Waals surface area contributed by atoms with Crippen LogP contribution < -0.4 is 14.8 Å². The average molecular weight is 524 g/mol. The van der Waals surface area contributed by atoms with E-state index < -0.39 is 10.0 Å². The van der Waals surface area contributed by atoms with Crippen molar-refractivity contribution in [2.45, 2.75) is 36.6 Å². The van der Waals surface area contributed by atoms with Gasteiger partial charge in [0, 0.05) is 56.0 Å². The number of piperidine rings is 3. The van der Waals surface area contributed by atoms with Gasteiger partial charge in [0.25, 0.3) is 0 Å². The molecule has 3 aliphatic rings. The first kappa shape index (κ1) is 25.4. The Morgan fingerprint density at radius 2 is 1.86 bits per heavy atom. The van der Waals surface area contributed by atoms with Gasteiger partial charge in [-0.05, 0) is 79.9 Å². The lowest BCUT2D eigenvalue weighted by Gasteiger charge is -2.49. The fraction of sp³-hybridized carbons (Fsp3) is 0.407. The van der Waals surface area contributed by atoms with Crippen LogP contribution in [-0.4, -0.2) is 61.8 Å². The number of hydrogen-bond donors (Lipinski definition) is 2. The maximum absolute atomic E-state index is 12.9. The summed E-state index contributed by atoms with van der Waals surface area (Å²) in [4.78, 5) is 13.8. The Bertz CT molecular complexity index is 1370. The number of hydrogen-bond acceptors (Lipinski definition) is 6. The van der Waals surface area contributed by atoms with E-state index in [0.717, 1.165) is 42.9 Å². The molecule has 0 aliphatic carbocycles. The molecule has 0 spiro atoms. The zero-order chi connectivity index (χ0) is 26.2. The minimum Gasteiger partial charge on any atom is -0.497 e. The molecule has 9 nitrogen and oxygen atoms in total. The van der Waals surface area contributed by atoms with Gasteiger partial charge in [0.05, 0.1) is 17.7 Å². The van der Waals surface area contributed by atoms with Crippen LogP contribution in [0, 0.1) is 5.92 Å². The molecule has 2 aromatic carbocycles. The van der Waals surface area contributed by atoms with Crippen LogP contribution in [0.1, 0.15) is 31.4 Å². The number of methoxy groups -OCH3 is 1. The average Bonchev–Trinajstić information content (AvgIpc) is 3.29. The molecule has 0 radical (unpaired) electrons. The molecule has 4 heterocycles. The summed E-state index contributed by atoms with van der Waals surface area (Å²) in [5.74, 6) is 1.47. The number of nitrogens with one attached hydrogen (secondary N) is 2. The van der Waals surface area contributed by atoms with Gasteiger partial charge in [-0.2, -0.15) is 5.10 Å². The molecule has 10 heteroatoms. The van der Waals surface area contributed by atoms with Gasteiger partial charge in [-0.1, -0.05) is 0 Å². The standard InChI is InChI=1S/C27H33N5O4S/c1-18(33)29-21-6-10-24(11-7-21)37(34,35)28-16-22-14-20-12-13-32(22)17-25(20)27-15-26(30-31(27)2)19-4-8-23(36-3)9-5-19/h4-11,15,20,22,25,28H,12-14,16-17H2,1-3H3,(H,29,33)/t20-,22+,25-/m0/s1. The monoisotopic (exact) mass is 523 g/mol. The molecule has 2 bridgehead atoms. The topological polar surface area (TPSA) is 106 Å². The highest BCUT2D eigenvalue weighted by molar-refractivity contribution is 7.89. The second-order valence-corrected chi connectivity index (χ2v) is 11.7. The number of carbonyl (C=O) groups is 1. The number of carbonyl (C=O) groups excluding carboxylic acids is 1. The highest BCUT2D eigenvalue weighted by atomic mass is 32.2. The molecule has 4 atom stereocenters. The molecule has 1 unspecified atom stereocenters. The first-order chi connectivity index (χ1) is 17.7. The number of benzene rings is 2. The van der Waals surface area contributed by atoms with Crippen LogP contribution in [0.4, 0.5) is 5.69 Å². The molecular weight excluding hydrogens is 490 g/mol. The molecule has 196 valence electrons. The second kappa shape index (κ2) is 10.3. The summed E-state index contributed by atoms with van der Waals surface area (Å²) in [5.41, 5.74) is 3.80. The van der Waals surface area contributed by atoms with Gasteiger partial charge in [0.15, 0.2) is 0 Å². The van der Waals surface area contributed by atoms with Gasteiger partial charge in [0.1, 0.15) is 5.75 Å². The summed E-state index contributed by atoms with van der Waals surface area (Å²) in [6.45, 7) is 3.66. The predicted octanol–water partition coefficient (Wildman–Crippen LogP) is 3.21. The summed E-state index contributed by atoms with van der Waals surface area (Å²) in [7, 11) is 0.0227. The Hall–Kier alpha value is -3.21. The Balaban J connectivity index is 1.23. The van der Waals surface area contributed by atoms with E-state index in [-0.39, 0.29) is 16.8 Å². The third kappa shape index (κ3) is 5.41. The molecular formula is C27H33N5O4S. The maximum atomic E-state index is 12.9. The van der Waals surface area contributed by atoms with Gasteiger partial charge in [-0.25, -0.2) is 13.1 Å². The first-order valence-corrected chi connectivity index (χ1v) is 14.0. The SMILES string of the molecule is COc1ccc(-c2cc([C@H]3CN4CC[C@H]3C[C@@H]4CNS(=O)(=O)c3ccc(NC(C)=O)cc3)n(C)n2)cc1. The van der Waals surface area contributed by atoms with Crippen molar-refractivity contribution in [3.05, 3.63) is 60.3 Å². The highest BCUT2D eigenvalue weighted by Gasteiger charge is 2.42. The van der Waals surface area contributed by atoms with Gasteiger partial charge in [-0.15, -0.1) is 0 Å². The molecule has 1 amide bonds. The van der Waals surface area contributed by atoms with Crippen LogP contribution in [-0.2, 0) is 21.9 Å². The van der Waals surface area contributed by atoms with Gasteiger partial charge in [0.2, 0.25) is 15.9 Å². The van der Waals surface area contributed by atoms with E-state index in [1.54, 1.807) is 19.2 Å². The van der Waals surface area contributed by atoms with Crippen molar-refractivity contribution in [1.82, 2.24) is 19.4 Å². The molecule has 2 N–H and O–H groups in total.